The third kappa shape index (κ3) is 6.19. The van der Waals surface area contributed by atoms with E-state index in [-0.39, 0.29) is 5.92 Å². The Kier molecular flexibility index (Phi) is 6.96. The Morgan fingerprint density at radius 2 is 1.72 bits per heavy atom. The van der Waals surface area contributed by atoms with Crippen molar-refractivity contribution in [2.24, 2.45) is 5.92 Å². The Bertz CT molecular complexity index is 315. The molecule has 0 spiro atoms. The average Bonchev–Trinajstić information content (AvgIpc) is 2.24. The largest absolute Gasteiger partial charge is 0.481 e. The molecule has 0 aromatic carbocycles. The number of carbonyl (C=O) groups excluding carboxylic acids is 1. The van der Waals surface area contributed by atoms with E-state index in [2.05, 4.69) is 10.1 Å². The lowest BCUT2D eigenvalue weighted by atomic mass is 10.0. The molecule has 0 radical (unpaired) electrons. The van der Waals surface area contributed by atoms with Gasteiger partial charge in [-0.1, -0.05) is 13.8 Å². The van der Waals surface area contributed by atoms with Crippen molar-refractivity contribution in [2.75, 3.05) is 7.11 Å². The van der Waals surface area contributed by atoms with E-state index >= 15 is 0 Å². The predicted molar refractivity (Wildman–Crippen MR) is 62.1 cm³/mol. The number of carbonyl (C=O) groups is 3. The lowest BCUT2D eigenvalue weighted by Gasteiger charge is -2.21. The summed E-state index contributed by atoms with van der Waals surface area (Å²) in [4.78, 5) is 32.9. The van der Waals surface area contributed by atoms with Crippen LogP contribution >= 0.6 is 0 Å². The standard InChI is InChI=1S/C11H19NO6/c1-6(2)4-8(11(17)18-3)12-7(10(15)16)5-9(13)14/h6-8,12H,4-5H2,1-3H3,(H,13,14)(H,15,16)/t7-,8-/m0/s1. The summed E-state index contributed by atoms with van der Waals surface area (Å²) in [6, 6.07) is -2.14. The number of rotatable bonds is 8. The first-order chi connectivity index (χ1) is 8.27. The van der Waals surface area contributed by atoms with Crippen LogP contribution in [0.5, 0.6) is 0 Å². The summed E-state index contributed by atoms with van der Waals surface area (Å²) in [5.41, 5.74) is 0. The molecule has 0 aromatic heterocycles. The van der Waals surface area contributed by atoms with Gasteiger partial charge in [0.2, 0.25) is 0 Å². The average molecular weight is 261 g/mol. The molecule has 0 aliphatic heterocycles. The summed E-state index contributed by atoms with van der Waals surface area (Å²) in [6.07, 6.45) is -0.225. The van der Waals surface area contributed by atoms with Crippen molar-refractivity contribution in [3.63, 3.8) is 0 Å². The van der Waals surface area contributed by atoms with Gasteiger partial charge in [-0.15, -0.1) is 0 Å². The maximum absolute atomic E-state index is 11.5. The number of ether oxygens (including phenoxy) is 1. The Hall–Kier alpha value is -1.63. The van der Waals surface area contributed by atoms with E-state index in [1.165, 1.54) is 7.11 Å². The van der Waals surface area contributed by atoms with Gasteiger partial charge in [-0.3, -0.25) is 19.7 Å². The molecule has 2 atom stereocenters. The molecular weight excluding hydrogens is 242 g/mol. The van der Waals surface area contributed by atoms with Crippen molar-refractivity contribution >= 4 is 17.9 Å². The van der Waals surface area contributed by atoms with Gasteiger partial charge in [-0.25, -0.2) is 0 Å². The number of carboxylic acid groups (broad SMARTS) is 2. The lowest BCUT2D eigenvalue weighted by Crippen LogP contribution is -2.49. The molecule has 0 rings (SSSR count). The second-order valence-electron chi connectivity index (χ2n) is 4.36. The summed E-state index contributed by atoms with van der Waals surface area (Å²) >= 11 is 0. The van der Waals surface area contributed by atoms with Crippen molar-refractivity contribution in [3.05, 3.63) is 0 Å². The zero-order valence-electron chi connectivity index (χ0n) is 10.7. The monoisotopic (exact) mass is 261 g/mol. The van der Waals surface area contributed by atoms with E-state index < -0.39 is 36.4 Å². The van der Waals surface area contributed by atoms with Gasteiger partial charge in [0.25, 0.3) is 0 Å². The number of esters is 1. The number of hydrogen-bond donors (Lipinski definition) is 3. The smallest absolute Gasteiger partial charge is 0.322 e. The van der Waals surface area contributed by atoms with Gasteiger partial charge in [0.05, 0.1) is 13.5 Å². The molecule has 18 heavy (non-hydrogen) atoms. The minimum atomic E-state index is -1.31. The van der Waals surface area contributed by atoms with Gasteiger partial charge in [-0.05, 0) is 12.3 Å². The van der Waals surface area contributed by atoms with Crippen LogP contribution in [0.15, 0.2) is 0 Å². The molecule has 7 heteroatoms. The van der Waals surface area contributed by atoms with Crippen LogP contribution in [0, 0.1) is 5.92 Å². The van der Waals surface area contributed by atoms with Crippen LogP contribution in [-0.4, -0.2) is 47.3 Å². The third-order valence-electron chi connectivity index (χ3n) is 2.27. The van der Waals surface area contributed by atoms with Crippen LogP contribution in [0.2, 0.25) is 0 Å². The van der Waals surface area contributed by atoms with Gasteiger partial charge in [0, 0.05) is 0 Å². The van der Waals surface area contributed by atoms with E-state index in [4.69, 9.17) is 10.2 Å². The predicted octanol–water partition coefficient (Wildman–Crippen LogP) is 0.0916. The fourth-order valence-corrected chi connectivity index (χ4v) is 1.48. The number of aliphatic carboxylic acids is 2. The summed E-state index contributed by atoms with van der Waals surface area (Å²) in [5, 5.41) is 20.0. The van der Waals surface area contributed by atoms with Crippen molar-refractivity contribution in [3.8, 4) is 0 Å². The fourth-order valence-electron chi connectivity index (χ4n) is 1.48. The van der Waals surface area contributed by atoms with Gasteiger partial charge in [-0.2, -0.15) is 0 Å². The van der Waals surface area contributed by atoms with Gasteiger partial charge in [0.1, 0.15) is 12.1 Å². The van der Waals surface area contributed by atoms with E-state index in [0.29, 0.717) is 6.42 Å². The van der Waals surface area contributed by atoms with Crippen LogP contribution in [0.25, 0.3) is 0 Å². The molecule has 0 aliphatic rings. The lowest BCUT2D eigenvalue weighted by molar-refractivity contribution is -0.149. The van der Waals surface area contributed by atoms with Gasteiger partial charge < -0.3 is 14.9 Å². The zero-order valence-corrected chi connectivity index (χ0v) is 10.7. The van der Waals surface area contributed by atoms with Crippen molar-refractivity contribution in [1.82, 2.24) is 5.32 Å². The summed E-state index contributed by atoms with van der Waals surface area (Å²) in [6.45, 7) is 3.73. The maximum atomic E-state index is 11.5. The zero-order chi connectivity index (χ0) is 14.3. The minimum Gasteiger partial charge on any atom is -0.481 e. The van der Waals surface area contributed by atoms with Crippen LogP contribution in [0.4, 0.5) is 0 Å². The highest BCUT2D eigenvalue weighted by Gasteiger charge is 2.28. The molecule has 0 amide bonds. The molecule has 0 aliphatic carbocycles. The van der Waals surface area contributed by atoms with Crippen molar-refractivity contribution in [2.45, 2.75) is 38.8 Å². The number of carboxylic acids is 2. The highest BCUT2D eigenvalue weighted by Crippen LogP contribution is 2.08. The number of hydrogen-bond acceptors (Lipinski definition) is 5. The number of nitrogens with one attached hydrogen (secondary N) is 1. The molecule has 0 unspecified atom stereocenters. The quantitative estimate of drug-likeness (QED) is 0.531. The minimum absolute atomic E-state index is 0.140. The Balaban J connectivity index is 4.73. The molecule has 104 valence electrons. The first-order valence-electron chi connectivity index (χ1n) is 5.56. The van der Waals surface area contributed by atoms with Crippen LogP contribution in [0.1, 0.15) is 26.7 Å². The second kappa shape index (κ2) is 7.65. The molecule has 0 heterocycles. The Morgan fingerprint density at radius 1 is 1.17 bits per heavy atom. The van der Waals surface area contributed by atoms with Crippen LogP contribution in [-0.2, 0) is 19.1 Å². The number of methoxy groups -OCH3 is 1. The molecule has 0 aromatic rings. The highest BCUT2D eigenvalue weighted by molar-refractivity contribution is 5.82. The maximum Gasteiger partial charge on any atom is 0.322 e. The summed E-state index contributed by atoms with van der Waals surface area (Å²) in [5.74, 6) is -3.01. The summed E-state index contributed by atoms with van der Waals surface area (Å²) in [7, 11) is 1.20. The first kappa shape index (κ1) is 16.4. The molecular formula is C11H19NO6. The van der Waals surface area contributed by atoms with Crippen LogP contribution in [0.3, 0.4) is 0 Å². The molecule has 0 fully saturated rings. The normalized spacial score (nSPS) is 14.0. The van der Waals surface area contributed by atoms with E-state index in [0.717, 1.165) is 0 Å². The second-order valence-corrected chi connectivity index (χ2v) is 4.36. The van der Waals surface area contributed by atoms with Crippen molar-refractivity contribution < 1.29 is 29.3 Å². The van der Waals surface area contributed by atoms with E-state index in [1.807, 2.05) is 13.8 Å². The molecule has 7 nitrogen and oxygen atoms in total. The van der Waals surface area contributed by atoms with Gasteiger partial charge in [0.15, 0.2) is 0 Å². The van der Waals surface area contributed by atoms with Crippen LogP contribution < -0.4 is 5.32 Å². The van der Waals surface area contributed by atoms with E-state index in [1.54, 1.807) is 0 Å². The Labute approximate surface area is 105 Å². The SMILES string of the molecule is COC(=O)[C@H](CC(C)C)N[C@@H](CC(=O)O)C(=O)O. The first-order valence-corrected chi connectivity index (χ1v) is 5.56. The molecule has 0 saturated heterocycles. The highest BCUT2D eigenvalue weighted by atomic mass is 16.5. The molecule has 3 N–H and O–H groups in total. The van der Waals surface area contributed by atoms with Gasteiger partial charge >= 0.3 is 17.9 Å². The summed E-state index contributed by atoms with van der Waals surface area (Å²) < 4.78 is 4.56. The topological polar surface area (TPSA) is 113 Å². The van der Waals surface area contributed by atoms with Crippen molar-refractivity contribution in [1.29, 1.82) is 0 Å². The molecule has 0 bridgehead atoms. The van der Waals surface area contributed by atoms with E-state index in [9.17, 15) is 14.4 Å². The fraction of sp³-hybridized carbons (Fsp3) is 0.727. The third-order valence-corrected chi connectivity index (χ3v) is 2.27. The molecule has 0 saturated carbocycles. The Morgan fingerprint density at radius 3 is 2.06 bits per heavy atom.